The number of rotatable bonds is 0. The van der Waals surface area contributed by atoms with Crippen molar-refractivity contribution in [1.29, 1.82) is 0 Å². The van der Waals surface area contributed by atoms with Crippen molar-refractivity contribution in [3.05, 3.63) is 0 Å². The van der Waals surface area contributed by atoms with Gasteiger partial charge in [0.25, 0.3) is 0 Å². The van der Waals surface area contributed by atoms with Crippen LogP contribution >= 0.6 is 7.82 Å². The standard InChI is InChI=1S/CH2O3.Ca.H3O4P/c2-1(3)4;;1-5(2,3)4/h(H2,2,3,4);;(H3,1,2,3,4)/q;+2;/p-5. The van der Waals surface area contributed by atoms with Crippen molar-refractivity contribution in [1.82, 2.24) is 0 Å². The predicted molar refractivity (Wildman–Crippen MR) is 18.8 cm³/mol. The Kier molecular flexibility index (Phi) is 13.1. The Morgan fingerprint density at radius 3 is 1.10 bits per heavy atom. The summed E-state index contributed by atoms with van der Waals surface area (Å²) in [5.74, 6) is 0. The van der Waals surface area contributed by atoms with Crippen LogP contribution in [0.2, 0.25) is 0 Å². The predicted octanol–water partition coefficient (Wildman–Crippen LogP) is -5.65. The van der Waals surface area contributed by atoms with Crippen LogP contribution in [0, 0.1) is 0 Å². The minimum absolute atomic E-state index is 0. The van der Waals surface area contributed by atoms with Crippen LogP contribution in [0.3, 0.4) is 0 Å². The SMILES string of the molecule is O=C([O-])[O-].O=P([O-])([O-])[O-].[Ca+2]. The summed E-state index contributed by atoms with van der Waals surface area (Å²) in [5, 5.41) is 16.7. The molecular formula is CCaO7P-3. The Bertz CT molecular complexity index is 113. The van der Waals surface area contributed by atoms with E-state index in [0.717, 1.165) is 0 Å². The molecule has 0 aromatic heterocycles. The zero-order valence-corrected chi connectivity index (χ0v) is 7.61. The molecule has 0 aliphatic carbocycles. The topological polar surface area (TPSA) is 149 Å². The molecule has 7 nitrogen and oxygen atoms in total. The van der Waals surface area contributed by atoms with Gasteiger partial charge >= 0.3 is 37.7 Å². The van der Waals surface area contributed by atoms with Gasteiger partial charge in [-0.15, -0.1) is 0 Å². The van der Waals surface area contributed by atoms with Crippen molar-refractivity contribution in [2.45, 2.75) is 0 Å². The van der Waals surface area contributed by atoms with E-state index in [1.807, 2.05) is 0 Å². The summed E-state index contributed by atoms with van der Waals surface area (Å²) in [6, 6.07) is 0. The third kappa shape index (κ3) is 1230. The maximum Gasteiger partial charge on any atom is 2.00 e. The van der Waals surface area contributed by atoms with E-state index >= 15 is 0 Å². The van der Waals surface area contributed by atoms with Crippen molar-refractivity contribution in [2.75, 3.05) is 0 Å². The van der Waals surface area contributed by atoms with Gasteiger partial charge in [-0.05, 0) is 6.16 Å². The van der Waals surface area contributed by atoms with Gasteiger partial charge in [0.15, 0.2) is 0 Å². The number of carbonyl (C=O) groups is 1. The van der Waals surface area contributed by atoms with Gasteiger partial charge in [-0.1, -0.05) is 0 Å². The van der Waals surface area contributed by atoms with E-state index in [1.165, 1.54) is 0 Å². The average molecular weight is 195 g/mol. The number of carboxylic acid groups (broad SMARTS) is 2. The summed E-state index contributed by atoms with van der Waals surface area (Å²) < 4.78 is 8.55. The normalized spacial score (nSPS) is 8.30. The Balaban J connectivity index is -0.0000000910. The van der Waals surface area contributed by atoms with Crippen LogP contribution in [0.4, 0.5) is 4.79 Å². The largest absolute Gasteiger partial charge is 2.00 e. The second-order valence-corrected chi connectivity index (χ2v) is 1.59. The summed E-state index contributed by atoms with van der Waals surface area (Å²) >= 11 is 0. The molecule has 0 atom stereocenters. The summed E-state index contributed by atoms with van der Waals surface area (Å²) in [5.41, 5.74) is 0. The molecule has 0 amide bonds. The van der Waals surface area contributed by atoms with Crippen molar-refractivity contribution in [2.24, 2.45) is 0 Å². The minimum Gasteiger partial charge on any atom is -0.822 e. The van der Waals surface area contributed by atoms with E-state index in [0.29, 0.717) is 0 Å². The third-order valence-electron chi connectivity index (χ3n) is 0. The molecule has 0 aromatic rings. The molecule has 0 rings (SSSR count). The Morgan fingerprint density at radius 1 is 1.10 bits per heavy atom. The van der Waals surface area contributed by atoms with Crippen molar-refractivity contribution < 1.29 is 34.3 Å². The van der Waals surface area contributed by atoms with Gasteiger partial charge in [0.1, 0.15) is 0 Å². The van der Waals surface area contributed by atoms with Gasteiger partial charge in [0, 0.05) is 0 Å². The monoisotopic (exact) mass is 195 g/mol. The van der Waals surface area contributed by atoms with Gasteiger partial charge in [-0.25, -0.2) is 0 Å². The Hall–Kier alpha value is 0.640. The van der Waals surface area contributed by atoms with E-state index in [9.17, 15) is 0 Å². The molecule has 10 heavy (non-hydrogen) atoms. The van der Waals surface area contributed by atoms with Crippen LogP contribution in [0.5, 0.6) is 0 Å². The first kappa shape index (κ1) is 16.9. The second-order valence-electron chi connectivity index (χ2n) is 0.697. The first-order valence-electron chi connectivity index (χ1n) is 1.34. The fourth-order valence-electron chi connectivity index (χ4n) is 0. The van der Waals surface area contributed by atoms with E-state index in [-0.39, 0.29) is 37.7 Å². The van der Waals surface area contributed by atoms with E-state index in [4.69, 9.17) is 34.3 Å². The molecule has 0 saturated heterocycles. The molecular weight excluding hydrogens is 195 g/mol. The maximum absolute atomic E-state index is 8.55. The molecule has 0 N–H and O–H groups in total. The number of phosphoric acid groups is 1. The fourth-order valence-corrected chi connectivity index (χ4v) is 0. The van der Waals surface area contributed by atoms with Crippen LogP contribution in [0.15, 0.2) is 0 Å². The Morgan fingerprint density at radius 2 is 1.10 bits per heavy atom. The van der Waals surface area contributed by atoms with E-state index in [2.05, 4.69) is 0 Å². The van der Waals surface area contributed by atoms with Gasteiger partial charge < -0.3 is 34.3 Å². The quantitative estimate of drug-likeness (QED) is 0.276. The van der Waals surface area contributed by atoms with Crippen LogP contribution in [-0.2, 0) is 4.57 Å². The maximum atomic E-state index is 8.55. The van der Waals surface area contributed by atoms with Gasteiger partial charge in [-0.3, -0.25) is 0 Å². The molecule has 0 fully saturated rings. The van der Waals surface area contributed by atoms with Crippen molar-refractivity contribution in [3.63, 3.8) is 0 Å². The number of carbonyl (C=O) groups excluding carboxylic acids is 1. The minimum atomic E-state index is -5.39. The van der Waals surface area contributed by atoms with E-state index < -0.39 is 14.0 Å². The van der Waals surface area contributed by atoms with Crippen LogP contribution in [0.25, 0.3) is 0 Å². The zero-order chi connectivity index (χ0) is 8.08. The first-order chi connectivity index (χ1) is 3.73. The van der Waals surface area contributed by atoms with Gasteiger partial charge in [-0.2, -0.15) is 7.82 Å². The van der Waals surface area contributed by atoms with Crippen LogP contribution < -0.4 is 24.9 Å². The van der Waals surface area contributed by atoms with Crippen LogP contribution in [-0.4, -0.2) is 43.9 Å². The number of hydrogen-bond donors (Lipinski definition) is 0. The number of hydrogen-bond acceptors (Lipinski definition) is 7. The zero-order valence-electron chi connectivity index (χ0n) is 4.51. The van der Waals surface area contributed by atoms with Crippen LogP contribution in [0.1, 0.15) is 0 Å². The molecule has 0 bridgehead atoms. The Labute approximate surface area is 85.5 Å². The fraction of sp³-hybridized carbons (Fsp3) is 0. The molecule has 0 heterocycles. The third-order valence-corrected chi connectivity index (χ3v) is 0. The molecule has 0 saturated carbocycles. The average Bonchev–Trinajstić information content (AvgIpc) is 1.19. The molecule has 0 radical (unpaired) electrons. The molecule has 0 aliphatic rings. The summed E-state index contributed by atoms with van der Waals surface area (Å²) in [6.07, 6.45) is -2.33. The molecule has 0 aliphatic heterocycles. The summed E-state index contributed by atoms with van der Waals surface area (Å²) in [6.45, 7) is 0. The second kappa shape index (κ2) is 7.74. The smallest absolute Gasteiger partial charge is 0.822 e. The summed E-state index contributed by atoms with van der Waals surface area (Å²) in [7, 11) is -5.39. The van der Waals surface area contributed by atoms with Gasteiger partial charge in [0.05, 0.1) is 0 Å². The molecule has 0 aromatic carbocycles. The molecule has 9 heteroatoms. The van der Waals surface area contributed by atoms with E-state index in [1.54, 1.807) is 0 Å². The molecule has 0 spiro atoms. The molecule has 0 unspecified atom stereocenters. The molecule has 56 valence electrons. The van der Waals surface area contributed by atoms with Crippen molar-refractivity contribution >= 4 is 51.7 Å². The first-order valence-corrected chi connectivity index (χ1v) is 2.80. The van der Waals surface area contributed by atoms with Gasteiger partial charge in [0.2, 0.25) is 0 Å². The van der Waals surface area contributed by atoms with Crippen molar-refractivity contribution in [3.8, 4) is 0 Å². The summed E-state index contributed by atoms with van der Waals surface area (Å²) in [4.78, 5) is 34.0.